The Balaban J connectivity index is 2.11. The van der Waals surface area contributed by atoms with Gasteiger partial charge in [0.05, 0.1) is 11.8 Å². The summed E-state index contributed by atoms with van der Waals surface area (Å²) in [6.07, 6.45) is -2.55. The van der Waals surface area contributed by atoms with E-state index in [0.717, 1.165) is 28.2 Å². The second-order valence-electron chi connectivity index (χ2n) is 5.29. The van der Waals surface area contributed by atoms with Crippen molar-refractivity contribution in [3.63, 3.8) is 0 Å². The zero-order valence-electron chi connectivity index (χ0n) is 13.6. The quantitative estimate of drug-likeness (QED) is 0.276. The first kappa shape index (κ1) is 19.2. The predicted molar refractivity (Wildman–Crippen MR) is 96.8 cm³/mol. The molecule has 0 saturated heterocycles. The van der Waals surface area contributed by atoms with Crippen LogP contribution in [-0.2, 0) is 11.9 Å². The number of thioether (sulfide) groups is 1. The Morgan fingerprint density at radius 2 is 1.93 bits per heavy atom. The lowest BCUT2D eigenvalue weighted by Gasteiger charge is -2.08. The molecule has 0 atom stereocenters. The van der Waals surface area contributed by atoms with E-state index in [0.29, 0.717) is 10.8 Å². The highest BCUT2D eigenvalue weighted by Crippen LogP contribution is 2.37. The van der Waals surface area contributed by atoms with Gasteiger partial charge in [0, 0.05) is 17.0 Å². The van der Waals surface area contributed by atoms with E-state index < -0.39 is 11.9 Å². The van der Waals surface area contributed by atoms with Crippen molar-refractivity contribution in [2.45, 2.75) is 17.0 Å². The van der Waals surface area contributed by atoms with Crippen LogP contribution in [0.4, 0.5) is 13.2 Å². The Hall–Kier alpha value is -2.52. The van der Waals surface area contributed by atoms with Gasteiger partial charge >= 0.3 is 6.18 Å². The zero-order valence-corrected chi connectivity index (χ0v) is 15.1. The first-order valence-corrected chi connectivity index (χ1v) is 8.93. The van der Waals surface area contributed by atoms with Gasteiger partial charge in [0.15, 0.2) is 11.5 Å². The van der Waals surface area contributed by atoms with E-state index in [1.807, 2.05) is 0 Å². The predicted octanol–water partition coefficient (Wildman–Crippen LogP) is 5.04. The summed E-state index contributed by atoms with van der Waals surface area (Å²) < 4.78 is 41.4. The Bertz CT molecular complexity index is 961. The number of pyridine rings is 1. The van der Waals surface area contributed by atoms with Crippen LogP contribution < -0.4 is 0 Å². The zero-order chi connectivity index (χ0) is 19.4. The average Bonchev–Trinajstić information content (AvgIpc) is 3.01. The van der Waals surface area contributed by atoms with E-state index in [9.17, 15) is 13.2 Å². The van der Waals surface area contributed by atoms with Crippen LogP contribution in [0.15, 0.2) is 58.8 Å². The summed E-state index contributed by atoms with van der Waals surface area (Å²) >= 11 is 7.22. The number of benzene rings is 1. The van der Waals surface area contributed by atoms with Crippen molar-refractivity contribution in [1.82, 2.24) is 14.8 Å². The largest absolute Gasteiger partial charge is 0.435 e. The van der Waals surface area contributed by atoms with Gasteiger partial charge in [-0.1, -0.05) is 41.0 Å². The first-order chi connectivity index (χ1) is 12.9. The molecular formula is C17H12ClF3N4OS. The summed E-state index contributed by atoms with van der Waals surface area (Å²) in [6.45, 7) is 0. The monoisotopic (exact) mass is 412 g/mol. The maximum atomic E-state index is 13.4. The summed E-state index contributed by atoms with van der Waals surface area (Å²) in [6, 6.07) is 11.8. The highest BCUT2D eigenvalue weighted by atomic mass is 35.5. The number of alkyl halides is 3. The lowest BCUT2D eigenvalue weighted by atomic mass is 10.2. The third-order valence-corrected chi connectivity index (χ3v) is 5.01. The number of hydrogen-bond donors (Lipinski definition) is 1. The second kappa shape index (κ2) is 8.01. The van der Waals surface area contributed by atoms with Crippen LogP contribution in [-0.4, -0.2) is 26.2 Å². The van der Waals surface area contributed by atoms with E-state index in [2.05, 4.69) is 15.2 Å². The minimum Gasteiger partial charge on any atom is -0.411 e. The maximum Gasteiger partial charge on any atom is 0.435 e. The fourth-order valence-electron chi connectivity index (χ4n) is 2.33. The highest BCUT2D eigenvalue weighted by Gasteiger charge is 2.39. The third kappa shape index (κ3) is 4.25. The maximum absolute atomic E-state index is 13.4. The summed E-state index contributed by atoms with van der Waals surface area (Å²) in [5, 5.41) is 16.0. The van der Waals surface area contributed by atoms with Gasteiger partial charge in [-0.15, -0.1) is 11.8 Å². The number of oxime groups is 1. The van der Waals surface area contributed by atoms with Gasteiger partial charge in [0.2, 0.25) is 0 Å². The summed E-state index contributed by atoms with van der Waals surface area (Å²) in [7, 11) is 0. The van der Waals surface area contributed by atoms with Crippen LogP contribution in [0.5, 0.6) is 0 Å². The molecule has 1 N–H and O–H groups in total. The topological polar surface area (TPSA) is 63.3 Å². The van der Waals surface area contributed by atoms with Gasteiger partial charge in [-0.2, -0.15) is 18.3 Å². The lowest BCUT2D eigenvalue weighted by Crippen LogP contribution is -2.09. The van der Waals surface area contributed by atoms with E-state index in [1.54, 1.807) is 36.4 Å². The van der Waals surface area contributed by atoms with Crippen molar-refractivity contribution in [3.8, 4) is 5.82 Å². The van der Waals surface area contributed by atoms with Gasteiger partial charge in [-0.3, -0.25) is 0 Å². The minimum absolute atomic E-state index is 0.138. The molecule has 0 radical (unpaired) electrons. The van der Waals surface area contributed by atoms with Crippen molar-refractivity contribution in [3.05, 3.63) is 70.5 Å². The Kier molecular flexibility index (Phi) is 5.71. The normalized spacial score (nSPS) is 12.0. The van der Waals surface area contributed by atoms with Gasteiger partial charge in [-0.05, 0) is 23.8 Å². The summed E-state index contributed by atoms with van der Waals surface area (Å²) in [4.78, 5) is 4.07. The van der Waals surface area contributed by atoms with Crippen LogP contribution in [0.2, 0.25) is 5.02 Å². The second-order valence-corrected chi connectivity index (χ2v) is 6.66. The van der Waals surface area contributed by atoms with Crippen molar-refractivity contribution in [2.75, 3.05) is 0 Å². The van der Waals surface area contributed by atoms with Crippen molar-refractivity contribution in [2.24, 2.45) is 5.16 Å². The highest BCUT2D eigenvalue weighted by molar-refractivity contribution is 7.98. The molecule has 10 heteroatoms. The molecule has 2 heterocycles. The molecule has 3 aromatic rings. The SMILES string of the molecule is ON=Cc1c(C(F)(F)F)nn(-c2ccccn2)c1SCc1ccccc1Cl. The van der Waals surface area contributed by atoms with Gasteiger partial charge in [-0.25, -0.2) is 9.67 Å². The Labute approximate surface area is 161 Å². The molecule has 0 bridgehead atoms. The molecular weight excluding hydrogens is 401 g/mol. The first-order valence-electron chi connectivity index (χ1n) is 7.57. The number of halogens is 4. The molecule has 0 fully saturated rings. The smallest absolute Gasteiger partial charge is 0.411 e. The van der Waals surface area contributed by atoms with Crippen LogP contribution in [0, 0.1) is 0 Å². The fraction of sp³-hybridized carbons (Fsp3) is 0.118. The molecule has 5 nitrogen and oxygen atoms in total. The van der Waals surface area contributed by atoms with Crippen LogP contribution in [0.25, 0.3) is 5.82 Å². The van der Waals surface area contributed by atoms with Crippen molar-refractivity contribution < 1.29 is 18.4 Å². The van der Waals surface area contributed by atoms with Crippen molar-refractivity contribution in [1.29, 1.82) is 0 Å². The Morgan fingerprint density at radius 3 is 2.56 bits per heavy atom. The molecule has 0 aliphatic heterocycles. The molecule has 0 unspecified atom stereocenters. The van der Waals surface area contributed by atoms with Crippen molar-refractivity contribution >= 4 is 29.6 Å². The number of hydrogen-bond acceptors (Lipinski definition) is 5. The molecule has 1 aromatic carbocycles. The van der Waals surface area contributed by atoms with Crippen LogP contribution >= 0.6 is 23.4 Å². The summed E-state index contributed by atoms with van der Waals surface area (Å²) in [5.74, 6) is 0.504. The standard InChI is InChI=1S/C17H12ClF3N4OS/c18-13-6-2-1-5-11(13)10-27-16-12(9-23-26)15(17(19,20)21)24-25(16)14-7-3-4-8-22-14/h1-9,26H,10H2. The van der Waals surface area contributed by atoms with E-state index >= 15 is 0 Å². The van der Waals surface area contributed by atoms with E-state index in [1.165, 1.54) is 12.3 Å². The molecule has 0 amide bonds. The number of aromatic nitrogens is 3. The Morgan fingerprint density at radius 1 is 1.19 bits per heavy atom. The van der Waals surface area contributed by atoms with Gasteiger partial charge in [0.1, 0.15) is 5.03 Å². The fourth-order valence-corrected chi connectivity index (χ4v) is 3.72. The van der Waals surface area contributed by atoms with E-state index in [-0.39, 0.29) is 16.4 Å². The molecule has 0 aliphatic carbocycles. The minimum atomic E-state index is -4.73. The lowest BCUT2D eigenvalue weighted by molar-refractivity contribution is -0.141. The van der Waals surface area contributed by atoms with Gasteiger partial charge in [0.25, 0.3) is 0 Å². The summed E-state index contributed by atoms with van der Waals surface area (Å²) in [5.41, 5.74) is -0.751. The average molecular weight is 413 g/mol. The van der Waals surface area contributed by atoms with Crippen LogP contribution in [0.1, 0.15) is 16.8 Å². The van der Waals surface area contributed by atoms with Gasteiger partial charge < -0.3 is 5.21 Å². The van der Waals surface area contributed by atoms with Crippen LogP contribution in [0.3, 0.4) is 0 Å². The molecule has 27 heavy (non-hydrogen) atoms. The molecule has 0 saturated carbocycles. The number of rotatable bonds is 5. The molecule has 0 aliphatic rings. The molecule has 0 spiro atoms. The van der Waals surface area contributed by atoms with E-state index in [4.69, 9.17) is 16.8 Å². The molecule has 2 aromatic heterocycles. The number of nitrogens with zero attached hydrogens (tertiary/aromatic N) is 4. The molecule has 140 valence electrons. The molecule has 3 rings (SSSR count). The third-order valence-electron chi connectivity index (χ3n) is 3.52.